The molecule has 0 spiro atoms. The molecule has 2 heterocycles. The Kier molecular flexibility index (Phi) is 6.36. The van der Waals surface area contributed by atoms with Crippen LogP contribution in [-0.2, 0) is 11.3 Å². The summed E-state index contributed by atoms with van der Waals surface area (Å²) in [5, 5.41) is 14.8. The van der Waals surface area contributed by atoms with Crippen molar-refractivity contribution in [2.45, 2.75) is 19.9 Å². The zero-order valence-electron chi connectivity index (χ0n) is 13.7. The van der Waals surface area contributed by atoms with Crippen molar-refractivity contribution in [2.75, 3.05) is 11.9 Å². The fourth-order valence-electron chi connectivity index (χ4n) is 1.92. The van der Waals surface area contributed by atoms with Crippen LogP contribution in [0.2, 0.25) is 0 Å². The van der Waals surface area contributed by atoms with Crippen LogP contribution in [0, 0.1) is 0 Å². The molecule has 2 amide bonds. The van der Waals surface area contributed by atoms with Crippen molar-refractivity contribution < 1.29 is 28.2 Å². The number of halogens is 2. The van der Waals surface area contributed by atoms with Crippen molar-refractivity contribution in [1.82, 2.24) is 15.3 Å². The number of carbonyl (C=O) groups is 2. The second-order valence-electron chi connectivity index (χ2n) is 5.13. The minimum Gasteiger partial charge on any atom is -0.493 e. The predicted octanol–water partition coefficient (Wildman–Crippen LogP) is 1.71. The molecule has 8 nitrogen and oxygen atoms in total. The van der Waals surface area contributed by atoms with Crippen LogP contribution in [0.4, 0.5) is 14.6 Å². The first-order valence-electron chi connectivity index (χ1n) is 7.47. The highest BCUT2D eigenvalue weighted by molar-refractivity contribution is 5.96. The van der Waals surface area contributed by atoms with Gasteiger partial charge in [-0.25, -0.2) is 13.8 Å². The van der Waals surface area contributed by atoms with E-state index in [2.05, 4.69) is 20.6 Å². The number of aromatic nitrogens is 2. The third-order valence-corrected chi connectivity index (χ3v) is 3.05. The number of aromatic hydroxyl groups is 1. The van der Waals surface area contributed by atoms with E-state index >= 15 is 0 Å². The number of nitrogens with zero attached hydrogens (tertiary/aromatic N) is 2. The quantitative estimate of drug-likeness (QED) is 0.688. The van der Waals surface area contributed by atoms with Crippen LogP contribution in [0.3, 0.4) is 0 Å². The van der Waals surface area contributed by atoms with Crippen molar-refractivity contribution in [3.05, 3.63) is 41.6 Å². The summed E-state index contributed by atoms with van der Waals surface area (Å²) in [6.45, 7) is 0.435. The van der Waals surface area contributed by atoms with Crippen LogP contribution in [-0.4, -0.2) is 39.9 Å². The third kappa shape index (κ3) is 5.65. The van der Waals surface area contributed by atoms with Crippen LogP contribution in [0.5, 0.6) is 11.8 Å². The second kappa shape index (κ2) is 8.70. The molecule has 0 atom stereocenters. The van der Waals surface area contributed by atoms with Crippen molar-refractivity contribution >= 4 is 17.6 Å². The monoisotopic (exact) mass is 366 g/mol. The number of anilines is 1. The van der Waals surface area contributed by atoms with E-state index in [0.717, 1.165) is 0 Å². The fourth-order valence-corrected chi connectivity index (χ4v) is 1.92. The lowest BCUT2D eigenvalue weighted by molar-refractivity contribution is -0.114. The highest BCUT2D eigenvalue weighted by Crippen LogP contribution is 2.19. The molecule has 138 valence electrons. The van der Waals surface area contributed by atoms with Gasteiger partial charge in [-0.15, -0.1) is 0 Å². The van der Waals surface area contributed by atoms with E-state index < -0.39 is 24.8 Å². The number of alkyl halides is 2. The summed E-state index contributed by atoms with van der Waals surface area (Å²) >= 11 is 0. The van der Waals surface area contributed by atoms with Crippen LogP contribution in [0.1, 0.15) is 22.8 Å². The van der Waals surface area contributed by atoms with E-state index in [0.29, 0.717) is 0 Å². The topological polar surface area (TPSA) is 113 Å². The lowest BCUT2D eigenvalue weighted by Gasteiger charge is -2.09. The van der Waals surface area contributed by atoms with Gasteiger partial charge in [0.15, 0.2) is 6.61 Å². The number of pyridine rings is 2. The van der Waals surface area contributed by atoms with E-state index in [9.17, 15) is 23.5 Å². The number of rotatable bonds is 7. The van der Waals surface area contributed by atoms with Gasteiger partial charge in [0.25, 0.3) is 12.3 Å². The number of nitrogens with one attached hydrogen (secondary N) is 2. The standard InChI is InChI=1S/C16H16F2N4O4/c1-9(23)21-13-6-10(4-5-19-13)15(24)20-7-11-2-3-14(22-16(11)25)26-8-12(17)18/h2-6,12H,7-8H2,1H3,(H,20,24)(H,22,25)(H,19,21,23). The number of carbonyl (C=O) groups excluding carboxylic acids is 2. The Balaban J connectivity index is 1.97. The normalized spacial score (nSPS) is 10.5. The smallest absolute Gasteiger partial charge is 0.272 e. The molecule has 0 aliphatic carbocycles. The lowest BCUT2D eigenvalue weighted by Crippen LogP contribution is -2.23. The lowest BCUT2D eigenvalue weighted by atomic mass is 10.2. The van der Waals surface area contributed by atoms with Crippen molar-refractivity contribution in [1.29, 1.82) is 0 Å². The first-order valence-corrected chi connectivity index (χ1v) is 7.47. The predicted molar refractivity (Wildman–Crippen MR) is 87.1 cm³/mol. The molecule has 0 bridgehead atoms. The molecule has 0 aliphatic heterocycles. The van der Waals surface area contributed by atoms with Crippen molar-refractivity contribution in [2.24, 2.45) is 0 Å². The largest absolute Gasteiger partial charge is 0.493 e. The maximum atomic E-state index is 12.2. The Hall–Kier alpha value is -3.30. The molecule has 0 unspecified atom stereocenters. The highest BCUT2D eigenvalue weighted by atomic mass is 19.3. The molecular formula is C16H16F2N4O4. The second-order valence-corrected chi connectivity index (χ2v) is 5.13. The Morgan fingerprint density at radius 3 is 2.73 bits per heavy atom. The number of amides is 2. The van der Waals surface area contributed by atoms with Gasteiger partial charge in [-0.2, -0.15) is 4.98 Å². The van der Waals surface area contributed by atoms with Crippen molar-refractivity contribution in [3.8, 4) is 11.8 Å². The first kappa shape index (κ1) is 19.0. The summed E-state index contributed by atoms with van der Waals surface area (Å²) in [6, 6.07) is 5.57. The van der Waals surface area contributed by atoms with E-state index in [4.69, 9.17) is 4.74 Å². The molecule has 0 aliphatic rings. The van der Waals surface area contributed by atoms with Gasteiger partial charge < -0.3 is 20.5 Å². The van der Waals surface area contributed by atoms with E-state index in [1.54, 1.807) is 0 Å². The first-order chi connectivity index (χ1) is 12.3. The summed E-state index contributed by atoms with van der Waals surface area (Å²) in [7, 11) is 0. The molecule has 26 heavy (non-hydrogen) atoms. The van der Waals surface area contributed by atoms with Gasteiger partial charge in [0.2, 0.25) is 17.7 Å². The maximum absolute atomic E-state index is 12.2. The van der Waals surface area contributed by atoms with Gasteiger partial charge in [-0.05, 0) is 18.2 Å². The van der Waals surface area contributed by atoms with E-state index in [-0.39, 0.29) is 35.3 Å². The highest BCUT2D eigenvalue weighted by Gasteiger charge is 2.11. The zero-order chi connectivity index (χ0) is 19.1. The molecule has 0 radical (unpaired) electrons. The average Bonchev–Trinajstić information content (AvgIpc) is 2.58. The Morgan fingerprint density at radius 2 is 2.08 bits per heavy atom. The minimum absolute atomic E-state index is 0.0510. The van der Waals surface area contributed by atoms with Crippen LogP contribution in [0.25, 0.3) is 0 Å². The van der Waals surface area contributed by atoms with Crippen LogP contribution >= 0.6 is 0 Å². The molecule has 0 saturated carbocycles. The minimum atomic E-state index is -2.65. The average molecular weight is 366 g/mol. The summed E-state index contributed by atoms with van der Waals surface area (Å²) in [5.74, 6) is -1.13. The van der Waals surface area contributed by atoms with Gasteiger partial charge >= 0.3 is 0 Å². The summed E-state index contributed by atoms with van der Waals surface area (Å²) in [4.78, 5) is 30.7. The van der Waals surface area contributed by atoms with Gasteiger partial charge in [-0.1, -0.05) is 0 Å². The fraction of sp³-hybridized carbons (Fsp3) is 0.250. The van der Waals surface area contributed by atoms with Gasteiger partial charge in [-0.3, -0.25) is 9.59 Å². The summed E-state index contributed by atoms with van der Waals surface area (Å²) in [6.07, 6.45) is -1.28. The van der Waals surface area contributed by atoms with Crippen LogP contribution in [0.15, 0.2) is 30.5 Å². The molecule has 2 aromatic heterocycles. The SMILES string of the molecule is CC(=O)Nc1cc(C(=O)NCc2ccc(OCC(F)F)nc2O)ccn1. The zero-order valence-corrected chi connectivity index (χ0v) is 13.7. The molecule has 2 rings (SSSR count). The van der Waals surface area contributed by atoms with E-state index in [1.165, 1.54) is 37.4 Å². The molecule has 10 heteroatoms. The van der Waals surface area contributed by atoms with Gasteiger partial charge in [0, 0.05) is 36.9 Å². The molecule has 0 saturated heterocycles. The van der Waals surface area contributed by atoms with Gasteiger partial charge in [0.05, 0.1) is 0 Å². The number of hydrogen-bond acceptors (Lipinski definition) is 6. The van der Waals surface area contributed by atoms with E-state index in [1.807, 2.05) is 0 Å². The van der Waals surface area contributed by atoms with Crippen molar-refractivity contribution in [3.63, 3.8) is 0 Å². The summed E-state index contributed by atoms with van der Waals surface area (Å²) < 4.78 is 28.9. The molecule has 3 N–H and O–H groups in total. The Bertz CT molecular complexity index is 802. The number of hydrogen-bond donors (Lipinski definition) is 3. The molecule has 2 aromatic rings. The molecule has 0 aromatic carbocycles. The maximum Gasteiger partial charge on any atom is 0.272 e. The molecular weight excluding hydrogens is 350 g/mol. The van der Waals surface area contributed by atoms with Crippen LogP contribution < -0.4 is 15.4 Å². The summed E-state index contributed by atoms with van der Waals surface area (Å²) in [5.41, 5.74) is 0.534. The Labute approximate surface area is 147 Å². The third-order valence-electron chi connectivity index (χ3n) is 3.05. The Morgan fingerprint density at radius 1 is 1.31 bits per heavy atom. The molecule has 0 fully saturated rings. The number of ether oxygens (including phenoxy) is 1. The van der Waals surface area contributed by atoms with Gasteiger partial charge in [0.1, 0.15) is 5.82 Å².